The average Bonchev–Trinajstić information content (AvgIpc) is 3.33. The Morgan fingerprint density at radius 3 is 2.68 bits per heavy atom. The van der Waals surface area contributed by atoms with E-state index in [9.17, 15) is 0 Å². The molecule has 0 saturated carbocycles. The summed E-state index contributed by atoms with van der Waals surface area (Å²) < 4.78 is 5.89. The normalized spacial score (nSPS) is 16.9. The van der Waals surface area contributed by atoms with Crippen molar-refractivity contribution in [2.45, 2.75) is 25.3 Å². The largest absolute Gasteiger partial charge is 0.492 e. The van der Waals surface area contributed by atoms with Gasteiger partial charge < -0.3 is 10.1 Å². The lowest BCUT2D eigenvalue weighted by Gasteiger charge is -2.12. The third kappa shape index (κ3) is 4.27. The molecule has 128 valence electrons. The van der Waals surface area contributed by atoms with Crippen molar-refractivity contribution in [3.8, 4) is 16.3 Å². The molecule has 3 nitrogen and oxygen atoms in total. The van der Waals surface area contributed by atoms with E-state index in [1.165, 1.54) is 23.3 Å². The van der Waals surface area contributed by atoms with Crippen molar-refractivity contribution in [1.82, 2.24) is 10.3 Å². The standard InChI is InChI=1S/C21H22N2OS/c1-2-5-16(6-3-1)13-20-14-23-21(25-20)17-8-10-19(11-9-17)24-15-18-7-4-12-22-18/h1-3,5-6,8-11,14,18,22H,4,7,12-13,15H2. The third-order valence-electron chi connectivity index (χ3n) is 4.49. The van der Waals surface area contributed by atoms with Crippen LogP contribution in [0.15, 0.2) is 60.8 Å². The molecule has 0 bridgehead atoms. The number of hydrogen-bond acceptors (Lipinski definition) is 4. The van der Waals surface area contributed by atoms with Crippen molar-refractivity contribution >= 4 is 11.3 Å². The van der Waals surface area contributed by atoms with Gasteiger partial charge in [0.05, 0.1) is 0 Å². The summed E-state index contributed by atoms with van der Waals surface area (Å²) in [7, 11) is 0. The van der Waals surface area contributed by atoms with Crippen LogP contribution in [0.25, 0.3) is 10.6 Å². The second kappa shape index (κ2) is 7.81. The van der Waals surface area contributed by atoms with Gasteiger partial charge in [0, 0.05) is 29.1 Å². The Bertz CT molecular complexity index is 792. The molecule has 1 aliphatic rings. The van der Waals surface area contributed by atoms with Crippen LogP contribution in [-0.4, -0.2) is 24.2 Å². The van der Waals surface area contributed by atoms with E-state index in [1.54, 1.807) is 11.3 Å². The maximum absolute atomic E-state index is 5.89. The number of ether oxygens (including phenoxy) is 1. The summed E-state index contributed by atoms with van der Waals surface area (Å²) >= 11 is 1.76. The van der Waals surface area contributed by atoms with Gasteiger partial charge >= 0.3 is 0 Å². The highest BCUT2D eigenvalue weighted by Gasteiger charge is 2.14. The topological polar surface area (TPSA) is 34.1 Å². The number of aromatic nitrogens is 1. The Kier molecular flexibility index (Phi) is 5.09. The molecule has 1 atom stereocenters. The predicted molar refractivity (Wildman–Crippen MR) is 103 cm³/mol. The molecule has 1 fully saturated rings. The first-order valence-electron chi connectivity index (χ1n) is 8.82. The third-order valence-corrected chi connectivity index (χ3v) is 5.54. The molecule has 2 heterocycles. The zero-order valence-electron chi connectivity index (χ0n) is 14.2. The van der Waals surface area contributed by atoms with Crippen LogP contribution in [0.2, 0.25) is 0 Å². The van der Waals surface area contributed by atoms with Crippen LogP contribution in [-0.2, 0) is 6.42 Å². The summed E-state index contributed by atoms with van der Waals surface area (Å²) in [6.45, 7) is 1.86. The van der Waals surface area contributed by atoms with Gasteiger partial charge in [0.1, 0.15) is 17.4 Å². The van der Waals surface area contributed by atoms with Gasteiger partial charge in [-0.15, -0.1) is 11.3 Å². The molecule has 25 heavy (non-hydrogen) atoms. The minimum atomic E-state index is 0.499. The van der Waals surface area contributed by atoms with Gasteiger partial charge in [0.25, 0.3) is 0 Å². The van der Waals surface area contributed by atoms with Crippen molar-refractivity contribution in [2.75, 3.05) is 13.2 Å². The maximum Gasteiger partial charge on any atom is 0.123 e. The molecule has 1 N–H and O–H groups in total. The van der Waals surface area contributed by atoms with Crippen LogP contribution in [0.3, 0.4) is 0 Å². The number of thiazole rings is 1. The van der Waals surface area contributed by atoms with Crippen LogP contribution < -0.4 is 10.1 Å². The smallest absolute Gasteiger partial charge is 0.123 e. The highest BCUT2D eigenvalue weighted by atomic mass is 32.1. The van der Waals surface area contributed by atoms with Crippen LogP contribution in [0.1, 0.15) is 23.3 Å². The van der Waals surface area contributed by atoms with E-state index >= 15 is 0 Å². The highest BCUT2D eigenvalue weighted by Crippen LogP contribution is 2.28. The molecule has 1 aliphatic heterocycles. The summed E-state index contributed by atoms with van der Waals surface area (Å²) in [5.41, 5.74) is 2.47. The van der Waals surface area contributed by atoms with E-state index in [4.69, 9.17) is 4.74 Å². The van der Waals surface area contributed by atoms with E-state index in [-0.39, 0.29) is 0 Å². The number of hydrogen-bond donors (Lipinski definition) is 1. The van der Waals surface area contributed by atoms with Crippen molar-refractivity contribution in [3.05, 3.63) is 71.2 Å². The van der Waals surface area contributed by atoms with Gasteiger partial charge in [-0.1, -0.05) is 30.3 Å². The second-order valence-corrected chi connectivity index (χ2v) is 7.54. The monoisotopic (exact) mass is 350 g/mol. The summed E-state index contributed by atoms with van der Waals surface area (Å²) in [6.07, 6.45) is 5.39. The van der Waals surface area contributed by atoms with Gasteiger partial charge in [-0.05, 0) is 49.2 Å². The van der Waals surface area contributed by atoms with Crippen LogP contribution in [0, 0.1) is 0 Å². The lowest BCUT2D eigenvalue weighted by Crippen LogP contribution is -2.28. The Morgan fingerprint density at radius 1 is 1.08 bits per heavy atom. The number of nitrogens with one attached hydrogen (secondary N) is 1. The quantitative estimate of drug-likeness (QED) is 0.709. The number of benzene rings is 2. The minimum Gasteiger partial charge on any atom is -0.492 e. The maximum atomic E-state index is 5.89. The summed E-state index contributed by atoms with van der Waals surface area (Å²) in [6, 6.07) is 19.3. The molecule has 2 aromatic carbocycles. The lowest BCUT2D eigenvalue weighted by molar-refractivity contribution is 0.277. The highest BCUT2D eigenvalue weighted by molar-refractivity contribution is 7.15. The van der Waals surface area contributed by atoms with Gasteiger partial charge in [-0.2, -0.15) is 0 Å². The van der Waals surface area contributed by atoms with E-state index in [0.29, 0.717) is 6.04 Å². The Hall–Kier alpha value is -2.17. The zero-order valence-corrected chi connectivity index (χ0v) is 15.0. The first-order chi connectivity index (χ1) is 12.4. The summed E-state index contributed by atoms with van der Waals surface area (Å²) in [5.74, 6) is 0.929. The number of nitrogens with zero attached hydrogens (tertiary/aromatic N) is 1. The lowest BCUT2D eigenvalue weighted by atomic mass is 10.1. The van der Waals surface area contributed by atoms with Gasteiger partial charge in [0.2, 0.25) is 0 Å². The molecule has 0 radical (unpaired) electrons. The molecule has 0 aliphatic carbocycles. The molecular weight excluding hydrogens is 328 g/mol. The molecule has 1 unspecified atom stereocenters. The van der Waals surface area contributed by atoms with E-state index in [0.717, 1.165) is 35.9 Å². The van der Waals surface area contributed by atoms with Crippen molar-refractivity contribution < 1.29 is 4.74 Å². The van der Waals surface area contributed by atoms with Gasteiger partial charge in [-0.3, -0.25) is 0 Å². The zero-order chi connectivity index (χ0) is 16.9. The van der Waals surface area contributed by atoms with Gasteiger partial charge in [-0.25, -0.2) is 4.98 Å². The second-order valence-electron chi connectivity index (χ2n) is 6.42. The minimum absolute atomic E-state index is 0.499. The first-order valence-corrected chi connectivity index (χ1v) is 9.64. The first kappa shape index (κ1) is 16.3. The number of rotatable bonds is 6. The SMILES string of the molecule is c1ccc(Cc2cnc(-c3ccc(OCC4CCCN4)cc3)s2)cc1. The fourth-order valence-electron chi connectivity index (χ4n) is 3.11. The average molecular weight is 350 g/mol. The molecule has 0 amide bonds. The van der Waals surface area contributed by atoms with Gasteiger partial charge in [0.15, 0.2) is 0 Å². The van der Waals surface area contributed by atoms with E-state index in [1.807, 2.05) is 24.4 Å². The van der Waals surface area contributed by atoms with Crippen molar-refractivity contribution in [3.63, 3.8) is 0 Å². The fourth-order valence-corrected chi connectivity index (χ4v) is 4.06. The van der Waals surface area contributed by atoms with Crippen molar-refractivity contribution in [2.24, 2.45) is 0 Å². The molecular formula is C21H22N2OS. The molecule has 4 heteroatoms. The predicted octanol–water partition coefficient (Wildman–Crippen LogP) is 4.53. The van der Waals surface area contributed by atoms with Crippen LogP contribution in [0.4, 0.5) is 0 Å². The fraction of sp³-hybridized carbons (Fsp3) is 0.286. The summed E-state index contributed by atoms with van der Waals surface area (Å²) in [5, 5.41) is 4.52. The van der Waals surface area contributed by atoms with Crippen LogP contribution >= 0.6 is 11.3 Å². The summed E-state index contributed by atoms with van der Waals surface area (Å²) in [4.78, 5) is 5.87. The molecule has 3 aromatic rings. The van der Waals surface area contributed by atoms with E-state index in [2.05, 4.69) is 46.7 Å². The van der Waals surface area contributed by atoms with Crippen molar-refractivity contribution in [1.29, 1.82) is 0 Å². The Labute approximate surface area is 152 Å². The molecule has 1 saturated heterocycles. The van der Waals surface area contributed by atoms with E-state index < -0.39 is 0 Å². The Balaban J connectivity index is 1.38. The molecule has 1 aromatic heterocycles. The molecule has 4 rings (SSSR count). The van der Waals surface area contributed by atoms with Crippen LogP contribution in [0.5, 0.6) is 5.75 Å². The molecule has 0 spiro atoms. The Morgan fingerprint density at radius 2 is 1.92 bits per heavy atom.